The fourth-order valence-electron chi connectivity index (χ4n) is 2.59. The number of hydrogen-bond donors (Lipinski definition) is 1. The number of rotatable bonds is 6. The van der Waals surface area contributed by atoms with E-state index in [4.69, 9.17) is 4.74 Å². The second-order valence-corrected chi connectivity index (χ2v) is 5.21. The molecule has 5 heteroatoms. The van der Waals surface area contributed by atoms with Crippen LogP contribution in [0.15, 0.2) is 0 Å². The minimum absolute atomic E-state index is 0.0669. The average molecular weight is 255 g/mol. The van der Waals surface area contributed by atoms with Crippen molar-refractivity contribution in [2.24, 2.45) is 0 Å². The van der Waals surface area contributed by atoms with Gasteiger partial charge in [-0.15, -0.1) is 0 Å². The average Bonchev–Trinajstić information content (AvgIpc) is 2.71. The van der Waals surface area contributed by atoms with Crippen LogP contribution in [0.4, 0.5) is 4.79 Å². The van der Waals surface area contributed by atoms with Gasteiger partial charge in [-0.2, -0.15) is 0 Å². The lowest BCUT2D eigenvalue weighted by molar-refractivity contribution is 0.101. The quantitative estimate of drug-likeness (QED) is 0.716. The lowest BCUT2D eigenvalue weighted by Crippen LogP contribution is -2.46. The minimum Gasteiger partial charge on any atom is -0.443 e. The Kier molecular flexibility index (Phi) is 5.26. The van der Waals surface area contributed by atoms with E-state index in [2.05, 4.69) is 17.1 Å². The molecule has 2 fully saturated rings. The second kappa shape index (κ2) is 6.95. The highest BCUT2D eigenvalue weighted by Crippen LogP contribution is 2.14. The summed E-state index contributed by atoms with van der Waals surface area (Å²) in [5.74, 6) is 0. The highest BCUT2D eigenvalue weighted by atomic mass is 16.6. The summed E-state index contributed by atoms with van der Waals surface area (Å²) in [5.41, 5.74) is 0. The molecule has 0 radical (unpaired) electrons. The van der Waals surface area contributed by atoms with E-state index in [1.165, 1.54) is 12.8 Å². The van der Waals surface area contributed by atoms with Gasteiger partial charge in [-0.3, -0.25) is 4.90 Å². The third-order valence-electron chi connectivity index (χ3n) is 3.65. The Hall–Kier alpha value is -0.810. The lowest BCUT2D eigenvalue weighted by Gasteiger charge is -2.28. The van der Waals surface area contributed by atoms with Crippen molar-refractivity contribution in [3.8, 4) is 0 Å². The predicted octanol–water partition coefficient (Wildman–Crippen LogP) is 0.903. The number of carbonyl (C=O) groups excluding carboxylic acids is 1. The molecule has 0 saturated carbocycles. The Morgan fingerprint density at radius 1 is 1.33 bits per heavy atom. The molecule has 0 aromatic carbocycles. The van der Waals surface area contributed by atoms with E-state index in [0.29, 0.717) is 0 Å². The number of unbranched alkanes of at least 4 members (excludes halogenated alkanes) is 2. The monoisotopic (exact) mass is 255 g/mol. The molecular formula is C13H25N3O2. The van der Waals surface area contributed by atoms with E-state index in [1.54, 1.807) is 0 Å². The summed E-state index contributed by atoms with van der Waals surface area (Å²) in [4.78, 5) is 15.9. The van der Waals surface area contributed by atoms with Crippen molar-refractivity contribution >= 4 is 6.09 Å². The second-order valence-electron chi connectivity index (χ2n) is 5.21. The molecule has 2 rings (SSSR count). The van der Waals surface area contributed by atoms with Gasteiger partial charge in [0.2, 0.25) is 0 Å². The van der Waals surface area contributed by atoms with Crippen LogP contribution in [0.25, 0.3) is 0 Å². The number of piperazine rings is 1. The van der Waals surface area contributed by atoms with Crippen LogP contribution in [-0.2, 0) is 4.74 Å². The summed E-state index contributed by atoms with van der Waals surface area (Å²) >= 11 is 0. The Bertz CT molecular complexity index is 267. The SMILES string of the molecule is CCCCCN1CC(CN2CCNCC2)OC1=O. The Morgan fingerprint density at radius 2 is 2.11 bits per heavy atom. The zero-order valence-corrected chi connectivity index (χ0v) is 11.4. The fourth-order valence-corrected chi connectivity index (χ4v) is 2.59. The first-order valence-electron chi connectivity index (χ1n) is 7.18. The van der Waals surface area contributed by atoms with Crippen LogP contribution in [0.5, 0.6) is 0 Å². The topological polar surface area (TPSA) is 44.8 Å². The molecule has 1 unspecified atom stereocenters. The summed E-state index contributed by atoms with van der Waals surface area (Å²) in [6, 6.07) is 0. The highest BCUT2D eigenvalue weighted by Gasteiger charge is 2.31. The highest BCUT2D eigenvalue weighted by molar-refractivity contribution is 5.69. The van der Waals surface area contributed by atoms with Gasteiger partial charge in [0.25, 0.3) is 0 Å². The van der Waals surface area contributed by atoms with Gasteiger partial charge in [0, 0.05) is 39.3 Å². The fraction of sp³-hybridized carbons (Fsp3) is 0.923. The maximum Gasteiger partial charge on any atom is 0.410 e. The molecule has 1 atom stereocenters. The zero-order valence-electron chi connectivity index (χ0n) is 11.4. The lowest BCUT2D eigenvalue weighted by atomic mass is 10.2. The van der Waals surface area contributed by atoms with E-state index >= 15 is 0 Å². The van der Waals surface area contributed by atoms with Gasteiger partial charge in [-0.25, -0.2) is 4.79 Å². The van der Waals surface area contributed by atoms with E-state index in [0.717, 1.165) is 52.2 Å². The van der Waals surface area contributed by atoms with Crippen molar-refractivity contribution in [1.29, 1.82) is 0 Å². The van der Waals surface area contributed by atoms with Crippen LogP contribution in [0, 0.1) is 0 Å². The Balaban J connectivity index is 1.70. The summed E-state index contributed by atoms with van der Waals surface area (Å²) in [7, 11) is 0. The van der Waals surface area contributed by atoms with Crippen LogP contribution in [0.2, 0.25) is 0 Å². The molecule has 5 nitrogen and oxygen atoms in total. The van der Waals surface area contributed by atoms with Crippen molar-refractivity contribution < 1.29 is 9.53 Å². The molecule has 2 aliphatic heterocycles. The van der Waals surface area contributed by atoms with Gasteiger partial charge in [-0.1, -0.05) is 19.8 Å². The maximum atomic E-state index is 11.7. The first-order chi connectivity index (χ1) is 8.79. The molecule has 0 aliphatic carbocycles. The van der Waals surface area contributed by atoms with Crippen molar-refractivity contribution in [1.82, 2.24) is 15.1 Å². The van der Waals surface area contributed by atoms with Crippen molar-refractivity contribution in [2.75, 3.05) is 45.8 Å². The number of ether oxygens (including phenoxy) is 1. The number of nitrogens with one attached hydrogen (secondary N) is 1. The van der Waals surface area contributed by atoms with Crippen LogP contribution < -0.4 is 5.32 Å². The minimum atomic E-state index is -0.119. The molecule has 104 valence electrons. The molecule has 0 aromatic heterocycles. The van der Waals surface area contributed by atoms with E-state index < -0.39 is 0 Å². The van der Waals surface area contributed by atoms with Gasteiger partial charge in [0.15, 0.2) is 0 Å². The maximum absolute atomic E-state index is 11.7. The van der Waals surface area contributed by atoms with Gasteiger partial charge in [-0.05, 0) is 6.42 Å². The largest absolute Gasteiger partial charge is 0.443 e. The third-order valence-corrected chi connectivity index (χ3v) is 3.65. The molecule has 2 heterocycles. The van der Waals surface area contributed by atoms with E-state index in [1.807, 2.05) is 4.90 Å². The van der Waals surface area contributed by atoms with Gasteiger partial charge in [0.1, 0.15) is 6.10 Å². The Labute approximate surface area is 109 Å². The zero-order chi connectivity index (χ0) is 12.8. The number of amides is 1. The smallest absolute Gasteiger partial charge is 0.410 e. The van der Waals surface area contributed by atoms with Crippen LogP contribution in [0.3, 0.4) is 0 Å². The third kappa shape index (κ3) is 3.85. The number of cyclic esters (lactones) is 1. The molecule has 1 N–H and O–H groups in total. The number of hydrogen-bond acceptors (Lipinski definition) is 4. The van der Waals surface area contributed by atoms with E-state index in [9.17, 15) is 4.79 Å². The molecule has 0 spiro atoms. The van der Waals surface area contributed by atoms with Gasteiger partial charge < -0.3 is 15.0 Å². The molecule has 18 heavy (non-hydrogen) atoms. The van der Waals surface area contributed by atoms with Crippen LogP contribution in [-0.4, -0.2) is 67.8 Å². The molecular weight excluding hydrogens is 230 g/mol. The van der Waals surface area contributed by atoms with Crippen LogP contribution in [0.1, 0.15) is 26.2 Å². The summed E-state index contributed by atoms with van der Waals surface area (Å²) in [6.45, 7) is 8.89. The van der Waals surface area contributed by atoms with Crippen molar-refractivity contribution in [3.63, 3.8) is 0 Å². The normalized spacial score (nSPS) is 25.5. The number of carbonyl (C=O) groups is 1. The standard InChI is InChI=1S/C13H25N3O2/c1-2-3-4-7-16-11-12(18-13(16)17)10-15-8-5-14-6-9-15/h12,14H,2-11H2,1H3. The first kappa shape index (κ1) is 13.6. The summed E-state index contributed by atoms with van der Waals surface area (Å²) in [5, 5.41) is 3.33. The Morgan fingerprint density at radius 3 is 2.83 bits per heavy atom. The summed E-state index contributed by atoms with van der Waals surface area (Å²) in [6.07, 6.45) is 3.41. The van der Waals surface area contributed by atoms with Crippen molar-refractivity contribution in [3.05, 3.63) is 0 Å². The summed E-state index contributed by atoms with van der Waals surface area (Å²) < 4.78 is 5.43. The van der Waals surface area contributed by atoms with Gasteiger partial charge in [0.05, 0.1) is 6.54 Å². The predicted molar refractivity (Wildman–Crippen MR) is 70.7 cm³/mol. The molecule has 0 aromatic rings. The molecule has 2 saturated heterocycles. The van der Waals surface area contributed by atoms with Crippen LogP contribution >= 0.6 is 0 Å². The molecule has 0 bridgehead atoms. The first-order valence-corrected chi connectivity index (χ1v) is 7.18. The van der Waals surface area contributed by atoms with E-state index in [-0.39, 0.29) is 12.2 Å². The molecule has 2 aliphatic rings. The van der Waals surface area contributed by atoms with Crippen molar-refractivity contribution in [2.45, 2.75) is 32.3 Å². The van der Waals surface area contributed by atoms with Gasteiger partial charge >= 0.3 is 6.09 Å². The molecule has 1 amide bonds. The number of nitrogens with zero attached hydrogens (tertiary/aromatic N) is 2.